The van der Waals surface area contributed by atoms with E-state index in [1.165, 1.54) is 4.68 Å². The molecule has 2 heterocycles. The van der Waals surface area contributed by atoms with E-state index in [0.29, 0.717) is 30.8 Å². The number of benzene rings is 2. The van der Waals surface area contributed by atoms with Crippen LogP contribution in [0.1, 0.15) is 43.0 Å². The van der Waals surface area contributed by atoms with Crippen LogP contribution in [-0.2, 0) is 16.9 Å². The molecule has 1 aliphatic carbocycles. The smallest absolute Gasteiger partial charge is 0.351 e. The molecule has 1 aliphatic rings. The molecule has 0 bridgehead atoms. The fourth-order valence-corrected chi connectivity index (χ4v) is 4.86. The maximum Gasteiger partial charge on any atom is 0.351 e. The monoisotopic (exact) mass is 446 g/mol. The fraction of sp³-hybridized carbons (Fsp3) is 0.333. The number of hydrogen-bond donors (Lipinski definition) is 1. The number of nitrogens with zero attached hydrogens (tertiary/aromatic N) is 5. The molecule has 0 aliphatic heterocycles. The van der Waals surface area contributed by atoms with Crippen LogP contribution in [0.5, 0.6) is 0 Å². The van der Waals surface area contributed by atoms with Gasteiger partial charge in [0.15, 0.2) is 0 Å². The van der Waals surface area contributed by atoms with E-state index in [1.54, 1.807) is 36.1 Å². The van der Waals surface area contributed by atoms with E-state index in [-0.39, 0.29) is 0 Å². The second-order valence-corrected chi connectivity index (χ2v) is 8.38. The van der Waals surface area contributed by atoms with Crippen molar-refractivity contribution >= 4 is 0 Å². The summed E-state index contributed by atoms with van der Waals surface area (Å²) >= 11 is 0. The number of methoxy groups -OCH3 is 1. The molecule has 2 atom stereocenters. The number of aromatic nitrogens is 6. The van der Waals surface area contributed by atoms with Crippen LogP contribution in [-0.4, -0.2) is 36.5 Å². The van der Waals surface area contributed by atoms with Gasteiger partial charge in [-0.3, -0.25) is 0 Å². The lowest BCUT2D eigenvalue weighted by Gasteiger charge is -2.41. The Morgan fingerprint density at radius 3 is 2.52 bits per heavy atom. The molecule has 0 saturated heterocycles. The summed E-state index contributed by atoms with van der Waals surface area (Å²) < 4.78 is 10.4. The first kappa shape index (κ1) is 21.1. The van der Waals surface area contributed by atoms with Gasteiger partial charge in [0.05, 0.1) is 24.5 Å². The number of ether oxygens (including phenoxy) is 1. The van der Waals surface area contributed by atoms with Gasteiger partial charge < -0.3 is 4.74 Å². The standard InChI is InChI=1S/C24H26N6O3/c1-33-24(20-17-28(27-25-20)16-18-10-4-2-5-11-18)15-9-8-14-21(24)30-23(32)29(22(31)26-30)19-12-6-3-7-13-19/h2-7,10-13,17,21H,8-9,14-16H2,1H3,(H,26,31). The Morgan fingerprint density at radius 1 is 1.06 bits per heavy atom. The van der Waals surface area contributed by atoms with Crippen LogP contribution in [0.2, 0.25) is 0 Å². The van der Waals surface area contributed by atoms with Gasteiger partial charge in [0.1, 0.15) is 11.3 Å². The molecule has 2 aromatic heterocycles. The van der Waals surface area contributed by atoms with Crippen LogP contribution >= 0.6 is 0 Å². The van der Waals surface area contributed by atoms with Crippen molar-refractivity contribution in [3.63, 3.8) is 0 Å². The van der Waals surface area contributed by atoms with Crippen molar-refractivity contribution < 1.29 is 4.74 Å². The highest BCUT2D eigenvalue weighted by Crippen LogP contribution is 2.45. The quantitative estimate of drug-likeness (QED) is 0.491. The minimum atomic E-state index is -0.872. The maximum absolute atomic E-state index is 13.4. The largest absolute Gasteiger partial charge is 0.370 e. The molecule has 170 valence electrons. The summed E-state index contributed by atoms with van der Waals surface area (Å²) in [5.41, 5.74) is 0.524. The third-order valence-electron chi connectivity index (χ3n) is 6.48. The second kappa shape index (κ2) is 8.67. The first-order valence-electron chi connectivity index (χ1n) is 11.1. The molecule has 5 rings (SSSR count). The highest BCUT2D eigenvalue weighted by Gasteiger charge is 2.47. The highest BCUT2D eigenvalue weighted by atomic mass is 16.5. The Labute approximate surface area is 190 Å². The SMILES string of the molecule is COC1(c2cn(Cc3ccccc3)nn2)CCCCC1n1[nH]c(=O)n(-c2ccccc2)c1=O. The maximum atomic E-state index is 13.4. The molecular weight excluding hydrogens is 420 g/mol. The average Bonchev–Trinajstić information content (AvgIpc) is 3.44. The molecule has 33 heavy (non-hydrogen) atoms. The molecule has 9 heteroatoms. The van der Waals surface area contributed by atoms with Crippen LogP contribution in [0, 0.1) is 0 Å². The van der Waals surface area contributed by atoms with Gasteiger partial charge in [-0.05, 0) is 37.0 Å². The Hall–Kier alpha value is -3.72. The number of hydrogen-bond acceptors (Lipinski definition) is 5. The van der Waals surface area contributed by atoms with Crippen LogP contribution < -0.4 is 11.4 Å². The number of para-hydroxylation sites is 1. The van der Waals surface area contributed by atoms with Gasteiger partial charge in [-0.25, -0.2) is 28.6 Å². The summed E-state index contributed by atoms with van der Waals surface area (Å²) in [6.07, 6.45) is 5.07. The van der Waals surface area contributed by atoms with Crippen molar-refractivity contribution in [1.82, 2.24) is 29.3 Å². The molecule has 4 aromatic rings. The first-order valence-corrected chi connectivity index (χ1v) is 11.1. The summed E-state index contributed by atoms with van der Waals surface area (Å²) in [4.78, 5) is 26.1. The van der Waals surface area contributed by atoms with Gasteiger partial charge in [-0.2, -0.15) is 0 Å². The zero-order valence-corrected chi connectivity index (χ0v) is 18.4. The molecule has 2 unspecified atom stereocenters. The average molecular weight is 447 g/mol. The Bertz CT molecular complexity index is 1340. The predicted molar refractivity (Wildman–Crippen MR) is 122 cm³/mol. The van der Waals surface area contributed by atoms with Gasteiger partial charge in [0.25, 0.3) is 0 Å². The third-order valence-corrected chi connectivity index (χ3v) is 6.48. The predicted octanol–water partition coefficient (Wildman–Crippen LogP) is 2.62. The summed E-state index contributed by atoms with van der Waals surface area (Å²) in [6.45, 7) is 0.583. The number of H-pyrrole nitrogens is 1. The van der Waals surface area contributed by atoms with Crippen molar-refractivity contribution in [2.45, 2.75) is 43.9 Å². The molecule has 1 saturated carbocycles. The lowest BCUT2D eigenvalue weighted by atomic mass is 9.78. The summed E-state index contributed by atoms with van der Waals surface area (Å²) in [6, 6.07) is 18.5. The zero-order valence-electron chi connectivity index (χ0n) is 18.4. The van der Waals surface area contributed by atoms with E-state index in [2.05, 4.69) is 15.4 Å². The molecule has 2 aromatic carbocycles. The van der Waals surface area contributed by atoms with Crippen LogP contribution in [0.4, 0.5) is 0 Å². The molecule has 1 fully saturated rings. The molecule has 0 radical (unpaired) electrons. The highest BCUT2D eigenvalue weighted by molar-refractivity contribution is 5.30. The van der Waals surface area contributed by atoms with E-state index in [1.807, 2.05) is 42.6 Å². The van der Waals surface area contributed by atoms with Crippen molar-refractivity contribution in [3.05, 3.63) is 99.1 Å². The van der Waals surface area contributed by atoms with E-state index in [4.69, 9.17) is 4.74 Å². The molecule has 0 spiro atoms. The second-order valence-electron chi connectivity index (χ2n) is 8.38. The third kappa shape index (κ3) is 3.74. The van der Waals surface area contributed by atoms with E-state index in [9.17, 15) is 9.59 Å². The molecule has 1 N–H and O–H groups in total. The number of rotatable bonds is 6. The zero-order chi connectivity index (χ0) is 22.8. The summed E-state index contributed by atoms with van der Waals surface area (Å²) in [5, 5.41) is 11.5. The Balaban J connectivity index is 1.55. The minimum Gasteiger partial charge on any atom is -0.370 e. The normalized spacial score (nSPS) is 20.7. The minimum absolute atomic E-state index is 0.414. The van der Waals surface area contributed by atoms with E-state index >= 15 is 0 Å². The van der Waals surface area contributed by atoms with Gasteiger partial charge in [-0.15, -0.1) is 5.10 Å². The molecule has 0 amide bonds. The van der Waals surface area contributed by atoms with Crippen molar-refractivity contribution in [1.29, 1.82) is 0 Å². The number of nitrogens with one attached hydrogen (secondary N) is 1. The first-order chi connectivity index (χ1) is 16.1. The van der Waals surface area contributed by atoms with Crippen LogP contribution in [0.15, 0.2) is 76.4 Å². The van der Waals surface area contributed by atoms with Gasteiger partial charge >= 0.3 is 11.4 Å². The molecule has 9 nitrogen and oxygen atoms in total. The lowest BCUT2D eigenvalue weighted by molar-refractivity contribution is -0.0908. The fourth-order valence-electron chi connectivity index (χ4n) is 4.86. The van der Waals surface area contributed by atoms with Gasteiger partial charge in [0, 0.05) is 7.11 Å². The van der Waals surface area contributed by atoms with Crippen molar-refractivity contribution in [2.75, 3.05) is 7.11 Å². The topological polar surface area (TPSA) is 99.7 Å². The van der Waals surface area contributed by atoms with Gasteiger partial charge in [0.2, 0.25) is 0 Å². The van der Waals surface area contributed by atoms with E-state index in [0.717, 1.165) is 23.0 Å². The number of aromatic amines is 1. The van der Waals surface area contributed by atoms with Gasteiger partial charge in [-0.1, -0.05) is 60.2 Å². The van der Waals surface area contributed by atoms with Crippen molar-refractivity contribution in [3.8, 4) is 5.69 Å². The van der Waals surface area contributed by atoms with Crippen molar-refractivity contribution in [2.24, 2.45) is 0 Å². The molecular formula is C24H26N6O3. The van der Waals surface area contributed by atoms with Crippen LogP contribution in [0.25, 0.3) is 5.69 Å². The Kier molecular flexibility index (Phi) is 5.55. The Morgan fingerprint density at radius 2 is 1.79 bits per heavy atom. The van der Waals surface area contributed by atoms with E-state index < -0.39 is 23.0 Å². The lowest BCUT2D eigenvalue weighted by Crippen LogP contribution is -2.45. The summed E-state index contributed by atoms with van der Waals surface area (Å²) in [7, 11) is 1.63. The summed E-state index contributed by atoms with van der Waals surface area (Å²) in [5.74, 6) is 0. The van der Waals surface area contributed by atoms with Crippen LogP contribution in [0.3, 0.4) is 0 Å².